The van der Waals surface area contributed by atoms with Crippen molar-refractivity contribution in [3.8, 4) is 0 Å². The maximum absolute atomic E-state index is 5.17. The molecular weight excluding hydrogens is 188 g/mol. The summed E-state index contributed by atoms with van der Waals surface area (Å²) in [4.78, 5) is 0. The lowest BCUT2D eigenvalue weighted by molar-refractivity contribution is 0.162. The van der Waals surface area contributed by atoms with Crippen molar-refractivity contribution >= 4 is 0 Å². The van der Waals surface area contributed by atoms with Gasteiger partial charge < -0.3 is 15.4 Å². The molecule has 0 fully saturated rings. The predicted molar refractivity (Wildman–Crippen MR) is 66.3 cm³/mol. The summed E-state index contributed by atoms with van der Waals surface area (Å²) in [5.41, 5.74) is 0.211. The van der Waals surface area contributed by atoms with Crippen LogP contribution < -0.4 is 10.6 Å². The SMILES string of the molecule is CCCC(COC)NCCNC(C)(C)C. The molecule has 92 valence electrons. The second-order valence-corrected chi connectivity index (χ2v) is 5.07. The van der Waals surface area contributed by atoms with Crippen LogP contribution in [0, 0.1) is 0 Å². The molecule has 1 unspecified atom stereocenters. The van der Waals surface area contributed by atoms with Crippen molar-refractivity contribution in [1.82, 2.24) is 10.6 Å². The summed E-state index contributed by atoms with van der Waals surface area (Å²) in [6.07, 6.45) is 2.39. The molecule has 0 radical (unpaired) electrons. The topological polar surface area (TPSA) is 33.3 Å². The fourth-order valence-electron chi connectivity index (χ4n) is 1.51. The van der Waals surface area contributed by atoms with E-state index in [4.69, 9.17) is 4.74 Å². The van der Waals surface area contributed by atoms with Gasteiger partial charge in [0, 0.05) is 31.8 Å². The number of ether oxygens (including phenoxy) is 1. The number of methoxy groups -OCH3 is 1. The van der Waals surface area contributed by atoms with E-state index in [1.807, 2.05) is 0 Å². The van der Waals surface area contributed by atoms with Crippen LogP contribution in [0.1, 0.15) is 40.5 Å². The molecule has 0 bridgehead atoms. The maximum Gasteiger partial charge on any atom is 0.0615 e. The Morgan fingerprint density at radius 2 is 1.87 bits per heavy atom. The van der Waals surface area contributed by atoms with Gasteiger partial charge in [-0.1, -0.05) is 13.3 Å². The van der Waals surface area contributed by atoms with Crippen LogP contribution >= 0.6 is 0 Å². The largest absolute Gasteiger partial charge is 0.383 e. The third kappa shape index (κ3) is 10.2. The van der Waals surface area contributed by atoms with Crippen LogP contribution in [-0.4, -0.2) is 38.4 Å². The summed E-state index contributed by atoms with van der Waals surface area (Å²) in [6, 6.07) is 0.502. The molecule has 15 heavy (non-hydrogen) atoms. The van der Waals surface area contributed by atoms with Crippen LogP contribution in [-0.2, 0) is 4.74 Å². The highest BCUT2D eigenvalue weighted by Gasteiger charge is 2.09. The van der Waals surface area contributed by atoms with Crippen molar-refractivity contribution < 1.29 is 4.74 Å². The van der Waals surface area contributed by atoms with Crippen molar-refractivity contribution in [2.75, 3.05) is 26.8 Å². The van der Waals surface area contributed by atoms with Crippen molar-refractivity contribution in [2.45, 2.75) is 52.1 Å². The molecule has 0 aromatic carbocycles. The number of hydrogen-bond acceptors (Lipinski definition) is 3. The molecule has 3 heteroatoms. The van der Waals surface area contributed by atoms with E-state index in [1.165, 1.54) is 12.8 Å². The smallest absolute Gasteiger partial charge is 0.0615 e. The van der Waals surface area contributed by atoms with E-state index in [0.717, 1.165) is 19.7 Å². The lowest BCUT2D eigenvalue weighted by Gasteiger charge is -2.22. The molecule has 0 aliphatic carbocycles. The van der Waals surface area contributed by atoms with Crippen LogP contribution in [0.4, 0.5) is 0 Å². The van der Waals surface area contributed by atoms with Gasteiger partial charge in [-0.3, -0.25) is 0 Å². The van der Waals surface area contributed by atoms with Crippen LogP contribution in [0.25, 0.3) is 0 Å². The Morgan fingerprint density at radius 1 is 1.20 bits per heavy atom. The van der Waals surface area contributed by atoms with Crippen molar-refractivity contribution in [2.24, 2.45) is 0 Å². The third-order valence-electron chi connectivity index (χ3n) is 2.22. The Balaban J connectivity index is 3.52. The van der Waals surface area contributed by atoms with Gasteiger partial charge in [0.1, 0.15) is 0 Å². The highest BCUT2D eigenvalue weighted by Crippen LogP contribution is 1.98. The summed E-state index contributed by atoms with van der Waals surface area (Å²) in [5.74, 6) is 0. The standard InChI is InChI=1S/C12H28N2O/c1-6-7-11(10-15-5)13-8-9-14-12(2,3)4/h11,13-14H,6-10H2,1-5H3. The zero-order chi connectivity index (χ0) is 11.7. The second kappa shape index (κ2) is 8.08. The Labute approximate surface area is 95.0 Å². The molecule has 0 amide bonds. The average Bonchev–Trinajstić information content (AvgIpc) is 2.11. The third-order valence-corrected chi connectivity index (χ3v) is 2.22. The van der Waals surface area contributed by atoms with Crippen molar-refractivity contribution in [3.05, 3.63) is 0 Å². The van der Waals surface area contributed by atoms with Gasteiger partial charge in [0.2, 0.25) is 0 Å². The second-order valence-electron chi connectivity index (χ2n) is 5.07. The molecule has 0 aliphatic heterocycles. The summed E-state index contributed by atoms with van der Waals surface area (Å²) >= 11 is 0. The Kier molecular flexibility index (Phi) is 8.02. The van der Waals surface area contributed by atoms with Crippen molar-refractivity contribution in [1.29, 1.82) is 0 Å². The normalized spacial score (nSPS) is 14.2. The van der Waals surface area contributed by atoms with Gasteiger partial charge in [-0.15, -0.1) is 0 Å². The average molecular weight is 216 g/mol. The fourth-order valence-corrected chi connectivity index (χ4v) is 1.51. The first-order valence-electron chi connectivity index (χ1n) is 5.97. The molecule has 3 nitrogen and oxygen atoms in total. The quantitative estimate of drug-likeness (QED) is 0.607. The molecule has 0 heterocycles. The molecule has 0 aliphatic rings. The lowest BCUT2D eigenvalue weighted by Crippen LogP contribution is -2.43. The minimum absolute atomic E-state index is 0.211. The van der Waals surface area contributed by atoms with E-state index in [-0.39, 0.29) is 5.54 Å². The monoisotopic (exact) mass is 216 g/mol. The molecule has 0 rings (SSSR count). The fraction of sp³-hybridized carbons (Fsp3) is 1.00. The van der Waals surface area contributed by atoms with E-state index in [1.54, 1.807) is 7.11 Å². The van der Waals surface area contributed by atoms with Gasteiger partial charge in [0.25, 0.3) is 0 Å². The van der Waals surface area contributed by atoms with Crippen LogP contribution in [0.15, 0.2) is 0 Å². The summed E-state index contributed by atoms with van der Waals surface area (Å²) in [5, 5.41) is 6.96. The lowest BCUT2D eigenvalue weighted by atomic mass is 10.1. The Bertz CT molecular complexity index is 137. The first kappa shape index (κ1) is 14.9. The minimum atomic E-state index is 0.211. The van der Waals surface area contributed by atoms with E-state index in [2.05, 4.69) is 38.3 Å². The molecule has 0 aromatic rings. The first-order valence-corrected chi connectivity index (χ1v) is 5.97. The van der Waals surface area contributed by atoms with E-state index in [0.29, 0.717) is 6.04 Å². The molecule has 0 saturated carbocycles. The molecule has 2 N–H and O–H groups in total. The molecule has 1 atom stereocenters. The van der Waals surface area contributed by atoms with Gasteiger partial charge in [0.05, 0.1) is 6.61 Å². The van der Waals surface area contributed by atoms with E-state index >= 15 is 0 Å². The Hall–Kier alpha value is -0.120. The zero-order valence-electron chi connectivity index (χ0n) is 11.0. The van der Waals surface area contributed by atoms with Gasteiger partial charge >= 0.3 is 0 Å². The van der Waals surface area contributed by atoms with Gasteiger partial charge in [-0.05, 0) is 27.2 Å². The van der Waals surface area contributed by atoms with E-state index < -0.39 is 0 Å². The van der Waals surface area contributed by atoms with Gasteiger partial charge in [0.15, 0.2) is 0 Å². The first-order chi connectivity index (χ1) is 6.99. The van der Waals surface area contributed by atoms with Crippen molar-refractivity contribution in [3.63, 3.8) is 0 Å². The molecule has 0 saturated heterocycles. The maximum atomic E-state index is 5.17. The highest BCUT2D eigenvalue weighted by atomic mass is 16.5. The zero-order valence-corrected chi connectivity index (χ0v) is 11.0. The molecule has 0 spiro atoms. The molecule has 0 aromatic heterocycles. The molecular formula is C12H28N2O. The number of hydrogen-bond donors (Lipinski definition) is 2. The van der Waals surface area contributed by atoms with Gasteiger partial charge in [-0.2, -0.15) is 0 Å². The van der Waals surface area contributed by atoms with Crippen LogP contribution in [0.3, 0.4) is 0 Å². The highest BCUT2D eigenvalue weighted by molar-refractivity contribution is 4.72. The Morgan fingerprint density at radius 3 is 2.33 bits per heavy atom. The van der Waals surface area contributed by atoms with Crippen LogP contribution in [0.2, 0.25) is 0 Å². The summed E-state index contributed by atoms with van der Waals surface area (Å²) in [7, 11) is 1.76. The predicted octanol–water partition coefficient (Wildman–Crippen LogP) is 1.78. The minimum Gasteiger partial charge on any atom is -0.383 e. The van der Waals surface area contributed by atoms with Crippen LogP contribution in [0.5, 0.6) is 0 Å². The number of rotatable bonds is 8. The summed E-state index contributed by atoms with van der Waals surface area (Å²) in [6.45, 7) is 11.6. The van der Waals surface area contributed by atoms with E-state index in [9.17, 15) is 0 Å². The summed E-state index contributed by atoms with van der Waals surface area (Å²) < 4.78 is 5.17. The number of nitrogens with one attached hydrogen (secondary N) is 2. The van der Waals surface area contributed by atoms with Gasteiger partial charge in [-0.25, -0.2) is 0 Å².